The number of rotatable bonds is 3. The van der Waals surface area contributed by atoms with Crippen LogP contribution in [-0.4, -0.2) is 12.4 Å². The molecule has 0 saturated heterocycles. The third-order valence-electron chi connectivity index (χ3n) is 5.25. The van der Waals surface area contributed by atoms with Crippen molar-refractivity contribution < 1.29 is 43.9 Å². The van der Waals surface area contributed by atoms with Gasteiger partial charge in [0.2, 0.25) is 0 Å². The molecule has 0 unspecified atom stereocenters. The number of hydrogen-bond donors (Lipinski definition) is 0. The highest BCUT2D eigenvalue weighted by Gasteiger charge is 2.75. The van der Waals surface area contributed by atoms with Crippen molar-refractivity contribution in [1.82, 2.24) is 0 Å². The van der Waals surface area contributed by atoms with Gasteiger partial charge in [0.05, 0.1) is 28.8 Å². The van der Waals surface area contributed by atoms with Gasteiger partial charge in [0, 0.05) is 38.4 Å². The van der Waals surface area contributed by atoms with Crippen LogP contribution in [0.4, 0.5) is 43.9 Å². The molecule has 0 spiro atoms. The first-order chi connectivity index (χ1) is 17.0. The highest BCUT2D eigenvalue weighted by atomic mass is 79.9. The molecule has 0 amide bonds. The first-order valence-electron chi connectivity index (χ1n) is 9.68. The van der Waals surface area contributed by atoms with Crippen LogP contribution in [0.1, 0.15) is 22.3 Å². The molecule has 2 nitrogen and oxygen atoms in total. The lowest BCUT2D eigenvalue weighted by molar-refractivity contribution is -0.348. The molecular formula is C24H8BrF10N2. The van der Waals surface area contributed by atoms with Crippen LogP contribution in [-0.2, 0) is 11.8 Å². The molecule has 3 rings (SSSR count). The third kappa shape index (κ3) is 4.64. The minimum Gasteiger partial charge on any atom is -0.218 e. The van der Waals surface area contributed by atoms with Gasteiger partial charge in [-0.15, -0.1) is 0 Å². The van der Waals surface area contributed by atoms with E-state index < -0.39 is 73.2 Å². The number of benzene rings is 3. The minimum absolute atomic E-state index is 0.566. The van der Waals surface area contributed by atoms with E-state index in [0.29, 0.717) is 6.07 Å². The maximum absolute atomic E-state index is 15.8. The Morgan fingerprint density at radius 3 is 1.43 bits per heavy atom. The summed E-state index contributed by atoms with van der Waals surface area (Å²) < 4.78 is 141. The maximum atomic E-state index is 15.8. The van der Waals surface area contributed by atoms with Crippen LogP contribution in [0.15, 0.2) is 53.0 Å². The van der Waals surface area contributed by atoms with Crippen molar-refractivity contribution in [2.24, 2.45) is 0 Å². The zero-order valence-corrected chi connectivity index (χ0v) is 19.3. The van der Waals surface area contributed by atoms with Crippen molar-refractivity contribution in [3.63, 3.8) is 0 Å². The van der Waals surface area contributed by atoms with Crippen LogP contribution in [0.5, 0.6) is 0 Å². The summed E-state index contributed by atoms with van der Waals surface area (Å²) in [4.78, 5) is 0. The molecule has 0 atom stereocenters. The van der Waals surface area contributed by atoms with Gasteiger partial charge in [0.15, 0.2) is 0 Å². The van der Waals surface area contributed by atoms with Gasteiger partial charge in [-0.1, -0.05) is 36.4 Å². The molecule has 0 fully saturated rings. The highest BCUT2D eigenvalue weighted by molar-refractivity contribution is 9.10. The molecule has 37 heavy (non-hydrogen) atoms. The standard InChI is InChI=1S/C24H8BrF10N2/c25-17-9-16(22(27,28)29)18(14-7-3-1-5-12(14)10-36)20(21(26,23(30,31)32)24(33,34)35)19(17)15-8-4-2-6-13(15)11-37/h1-8H. The number of halogens is 11. The number of nitriles is 2. The van der Waals surface area contributed by atoms with Crippen molar-refractivity contribution in [3.05, 3.63) is 81.3 Å². The number of nitrogens with zero attached hydrogens (tertiary/aromatic N) is 2. The van der Waals surface area contributed by atoms with Crippen molar-refractivity contribution in [3.8, 4) is 34.4 Å². The van der Waals surface area contributed by atoms with Crippen LogP contribution in [0, 0.1) is 28.7 Å². The maximum Gasteiger partial charge on any atom is 0.435 e. The van der Waals surface area contributed by atoms with Gasteiger partial charge < -0.3 is 0 Å². The van der Waals surface area contributed by atoms with Gasteiger partial charge in [-0.2, -0.15) is 50.0 Å². The summed E-state index contributed by atoms with van der Waals surface area (Å²) >= 11 is 2.53. The third-order valence-corrected chi connectivity index (χ3v) is 5.84. The molecule has 3 aromatic rings. The second-order valence-corrected chi connectivity index (χ2v) is 8.20. The van der Waals surface area contributed by atoms with E-state index in [9.17, 15) is 50.0 Å². The van der Waals surface area contributed by atoms with Crippen molar-refractivity contribution in [2.75, 3.05) is 0 Å². The molecule has 0 N–H and O–H groups in total. The lowest BCUT2D eigenvalue weighted by Crippen LogP contribution is -2.51. The van der Waals surface area contributed by atoms with E-state index in [4.69, 9.17) is 0 Å². The van der Waals surface area contributed by atoms with E-state index in [2.05, 4.69) is 15.9 Å². The zero-order valence-electron chi connectivity index (χ0n) is 17.7. The zero-order chi connectivity index (χ0) is 28.0. The van der Waals surface area contributed by atoms with Crippen LogP contribution in [0.3, 0.4) is 0 Å². The average molecular weight is 594 g/mol. The van der Waals surface area contributed by atoms with Gasteiger partial charge in [-0.25, -0.2) is 4.39 Å². The average Bonchev–Trinajstić information content (AvgIpc) is 2.80. The largest absolute Gasteiger partial charge is 0.435 e. The summed E-state index contributed by atoms with van der Waals surface area (Å²) in [5.74, 6) is 0. The number of hydrogen-bond acceptors (Lipinski definition) is 2. The minimum atomic E-state index is -6.83. The lowest BCUT2D eigenvalue weighted by Gasteiger charge is -2.35. The van der Waals surface area contributed by atoms with Crippen LogP contribution in [0.2, 0.25) is 0 Å². The lowest BCUT2D eigenvalue weighted by atomic mass is 9.78. The molecule has 0 aliphatic heterocycles. The van der Waals surface area contributed by atoms with Gasteiger partial charge in [-0.05, 0) is 28.1 Å². The molecule has 191 valence electrons. The molecule has 0 saturated carbocycles. The molecule has 0 aliphatic carbocycles. The van der Waals surface area contributed by atoms with Gasteiger partial charge in [0.25, 0.3) is 0 Å². The predicted molar refractivity (Wildman–Crippen MR) is 113 cm³/mol. The van der Waals surface area contributed by atoms with Crippen LogP contribution >= 0.6 is 15.9 Å². The Bertz CT molecular complexity index is 1430. The SMILES string of the molecule is N#Cc1ccccc1-c1c(Br)[c]c(C(F)(F)F)c(-c2ccccc2C#N)c1C(F)(C(F)(F)F)C(F)(F)F. The molecule has 13 heteroatoms. The Morgan fingerprint density at radius 1 is 0.649 bits per heavy atom. The Morgan fingerprint density at radius 2 is 1.05 bits per heavy atom. The van der Waals surface area contributed by atoms with E-state index in [0.717, 1.165) is 36.4 Å². The second-order valence-electron chi connectivity index (χ2n) is 7.41. The van der Waals surface area contributed by atoms with Crippen molar-refractivity contribution in [1.29, 1.82) is 10.5 Å². The highest BCUT2D eigenvalue weighted by Crippen LogP contribution is 2.60. The summed E-state index contributed by atoms with van der Waals surface area (Å²) in [5.41, 5.74) is -17.4. The van der Waals surface area contributed by atoms with E-state index in [-0.39, 0.29) is 0 Å². The molecule has 3 aromatic carbocycles. The van der Waals surface area contributed by atoms with Crippen LogP contribution in [0.25, 0.3) is 22.3 Å². The fourth-order valence-electron chi connectivity index (χ4n) is 3.72. The number of alkyl halides is 10. The van der Waals surface area contributed by atoms with Crippen molar-refractivity contribution in [2.45, 2.75) is 24.2 Å². The Hall–Kier alpha value is -3.58. The van der Waals surface area contributed by atoms with E-state index in [1.54, 1.807) is 6.07 Å². The molecule has 0 bridgehead atoms. The normalized spacial score (nSPS) is 12.7. The van der Waals surface area contributed by atoms with Gasteiger partial charge >= 0.3 is 24.2 Å². The predicted octanol–water partition coefficient (Wildman–Crippen LogP) is 8.63. The van der Waals surface area contributed by atoms with E-state index in [1.807, 2.05) is 0 Å². The quantitative estimate of drug-likeness (QED) is 0.285. The first-order valence-corrected chi connectivity index (χ1v) is 10.5. The topological polar surface area (TPSA) is 47.6 Å². The smallest absolute Gasteiger partial charge is 0.218 e. The van der Waals surface area contributed by atoms with Crippen molar-refractivity contribution >= 4 is 15.9 Å². The summed E-state index contributed by atoms with van der Waals surface area (Å²) in [6, 6.07) is 12.2. The van der Waals surface area contributed by atoms with E-state index >= 15 is 4.39 Å². The summed E-state index contributed by atoms with van der Waals surface area (Å²) in [7, 11) is 0. The Labute approximate surface area is 210 Å². The summed E-state index contributed by atoms with van der Waals surface area (Å²) in [6.45, 7) is 0. The molecule has 0 aromatic heterocycles. The Kier molecular flexibility index (Phi) is 7.10. The van der Waals surface area contributed by atoms with Gasteiger partial charge in [0.1, 0.15) is 0 Å². The summed E-state index contributed by atoms with van der Waals surface area (Å²) in [5, 5.41) is 18.8. The van der Waals surface area contributed by atoms with Gasteiger partial charge in [-0.3, -0.25) is 0 Å². The second kappa shape index (κ2) is 9.38. The fraction of sp³-hybridized carbons (Fsp3) is 0.167. The van der Waals surface area contributed by atoms with Crippen LogP contribution < -0.4 is 0 Å². The molecular weight excluding hydrogens is 586 g/mol. The Balaban J connectivity index is 2.83. The van der Waals surface area contributed by atoms with E-state index in [1.165, 1.54) is 18.2 Å². The monoisotopic (exact) mass is 593 g/mol. The fourth-order valence-corrected chi connectivity index (χ4v) is 4.33. The first kappa shape index (κ1) is 28.0. The summed E-state index contributed by atoms with van der Waals surface area (Å²) in [6.07, 6.45) is -19.3. The molecule has 0 heterocycles. The molecule has 1 radical (unpaired) electrons. The molecule has 0 aliphatic rings.